The number of nitriles is 1. The summed E-state index contributed by atoms with van der Waals surface area (Å²) >= 11 is 0. The van der Waals surface area contributed by atoms with Crippen LogP contribution in [0, 0.1) is 11.3 Å². The highest BCUT2D eigenvalue weighted by atomic mass is 14.6. The van der Waals surface area contributed by atoms with Crippen LogP contribution in [0.15, 0.2) is 43.0 Å². The molecule has 0 amide bonds. The first-order chi connectivity index (χ1) is 6.92. The van der Waals surface area contributed by atoms with Gasteiger partial charge in [-0.05, 0) is 12.1 Å². The van der Waals surface area contributed by atoms with Crippen molar-refractivity contribution in [2.75, 3.05) is 0 Å². The summed E-state index contributed by atoms with van der Waals surface area (Å²) < 4.78 is 0. The molecule has 2 heterocycles. The van der Waals surface area contributed by atoms with Gasteiger partial charge in [0.25, 0.3) is 0 Å². The maximum absolute atomic E-state index is 8.87. The smallest absolute Gasteiger partial charge is 0.101 e. The minimum absolute atomic E-state index is 0.570. The molecule has 0 spiro atoms. The summed E-state index contributed by atoms with van der Waals surface area (Å²) in [6.45, 7) is 0. The van der Waals surface area contributed by atoms with Crippen LogP contribution in [0.2, 0.25) is 0 Å². The van der Waals surface area contributed by atoms with Gasteiger partial charge < -0.3 is 0 Å². The largest absolute Gasteiger partial charge is 0.264 e. The number of hydrogen-bond acceptors (Lipinski definition) is 3. The van der Waals surface area contributed by atoms with Gasteiger partial charge in [-0.15, -0.1) is 0 Å². The lowest BCUT2D eigenvalue weighted by molar-refractivity contribution is 1.28. The zero-order valence-electron chi connectivity index (χ0n) is 7.38. The molecule has 2 aromatic heterocycles. The van der Waals surface area contributed by atoms with Gasteiger partial charge in [-0.3, -0.25) is 9.97 Å². The molecule has 2 rings (SSSR count). The first kappa shape index (κ1) is 8.39. The fourth-order valence-corrected chi connectivity index (χ4v) is 1.26. The lowest BCUT2D eigenvalue weighted by Crippen LogP contribution is -1.85. The van der Waals surface area contributed by atoms with Crippen molar-refractivity contribution >= 4 is 0 Å². The molecule has 0 N–H and O–H groups in total. The predicted octanol–water partition coefficient (Wildman–Crippen LogP) is 2.02. The molecule has 0 radical (unpaired) electrons. The van der Waals surface area contributed by atoms with Crippen molar-refractivity contribution in [3.63, 3.8) is 0 Å². The molecule has 0 saturated heterocycles. The second-order valence-corrected chi connectivity index (χ2v) is 2.77. The molecule has 0 aliphatic carbocycles. The van der Waals surface area contributed by atoms with Crippen LogP contribution in [-0.4, -0.2) is 9.97 Å². The van der Waals surface area contributed by atoms with Crippen molar-refractivity contribution in [1.82, 2.24) is 9.97 Å². The Kier molecular flexibility index (Phi) is 2.20. The zero-order valence-corrected chi connectivity index (χ0v) is 7.38. The topological polar surface area (TPSA) is 49.6 Å². The lowest BCUT2D eigenvalue weighted by atomic mass is 10.1. The summed E-state index contributed by atoms with van der Waals surface area (Å²) in [5.74, 6) is 0. The molecule has 0 aliphatic rings. The van der Waals surface area contributed by atoms with Gasteiger partial charge in [0.05, 0.1) is 5.56 Å². The van der Waals surface area contributed by atoms with E-state index in [0.717, 1.165) is 11.1 Å². The third-order valence-corrected chi connectivity index (χ3v) is 1.91. The zero-order chi connectivity index (χ0) is 9.80. The SMILES string of the molecule is N#Cc1cnccc1-c1cccnc1. The maximum Gasteiger partial charge on any atom is 0.101 e. The van der Waals surface area contributed by atoms with E-state index in [-0.39, 0.29) is 0 Å². The third-order valence-electron chi connectivity index (χ3n) is 1.91. The van der Waals surface area contributed by atoms with Gasteiger partial charge in [0.15, 0.2) is 0 Å². The Morgan fingerprint density at radius 3 is 2.64 bits per heavy atom. The Balaban J connectivity index is 2.58. The Bertz CT molecular complexity index is 471. The lowest BCUT2D eigenvalue weighted by Gasteiger charge is -2.01. The van der Waals surface area contributed by atoms with E-state index in [9.17, 15) is 0 Å². The molecule has 3 heteroatoms. The van der Waals surface area contributed by atoms with Crippen LogP contribution < -0.4 is 0 Å². The van der Waals surface area contributed by atoms with Crippen molar-refractivity contribution in [2.45, 2.75) is 0 Å². The summed E-state index contributed by atoms with van der Waals surface area (Å²) in [6, 6.07) is 7.68. The third kappa shape index (κ3) is 1.46. The molecule has 0 aliphatic heterocycles. The van der Waals surface area contributed by atoms with Gasteiger partial charge in [-0.1, -0.05) is 6.07 Å². The molecule has 2 aromatic rings. The van der Waals surface area contributed by atoms with E-state index in [2.05, 4.69) is 16.0 Å². The fraction of sp³-hybridized carbons (Fsp3) is 0. The van der Waals surface area contributed by atoms with Crippen LogP contribution in [0.1, 0.15) is 5.56 Å². The van der Waals surface area contributed by atoms with Crippen LogP contribution in [0.25, 0.3) is 11.1 Å². The highest BCUT2D eigenvalue weighted by Crippen LogP contribution is 2.20. The summed E-state index contributed by atoms with van der Waals surface area (Å²) in [5.41, 5.74) is 2.38. The van der Waals surface area contributed by atoms with Crippen LogP contribution in [0.4, 0.5) is 0 Å². The van der Waals surface area contributed by atoms with Crippen LogP contribution in [-0.2, 0) is 0 Å². The van der Waals surface area contributed by atoms with E-state index < -0.39 is 0 Å². The van der Waals surface area contributed by atoms with Gasteiger partial charge in [-0.2, -0.15) is 5.26 Å². The molecular formula is C11H7N3. The summed E-state index contributed by atoms with van der Waals surface area (Å²) in [6.07, 6.45) is 6.67. The second kappa shape index (κ2) is 3.67. The molecule has 0 atom stereocenters. The van der Waals surface area contributed by atoms with Gasteiger partial charge in [0, 0.05) is 35.9 Å². The van der Waals surface area contributed by atoms with Crippen molar-refractivity contribution < 1.29 is 0 Å². The number of hydrogen-bond donors (Lipinski definition) is 0. The quantitative estimate of drug-likeness (QED) is 0.676. The van der Waals surface area contributed by atoms with E-state index in [1.165, 1.54) is 0 Å². The van der Waals surface area contributed by atoms with E-state index in [0.29, 0.717) is 5.56 Å². The molecule has 0 unspecified atom stereocenters. The highest BCUT2D eigenvalue weighted by molar-refractivity contribution is 5.68. The molecule has 14 heavy (non-hydrogen) atoms. The van der Waals surface area contributed by atoms with Gasteiger partial charge >= 0.3 is 0 Å². The van der Waals surface area contributed by atoms with Crippen molar-refractivity contribution in [3.05, 3.63) is 48.5 Å². The second-order valence-electron chi connectivity index (χ2n) is 2.77. The standard InChI is InChI=1S/C11H7N3/c12-6-10-8-14-5-3-11(10)9-2-1-4-13-7-9/h1-5,7-8H. The number of nitrogens with zero attached hydrogens (tertiary/aromatic N) is 3. The molecule has 0 aromatic carbocycles. The van der Waals surface area contributed by atoms with E-state index in [1.807, 2.05) is 18.2 Å². The molecule has 0 bridgehead atoms. The van der Waals surface area contributed by atoms with E-state index >= 15 is 0 Å². The molecule has 0 fully saturated rings. The first-order valence-electron chi connectivity index (χ1n) is 4.16. The normalized spacial score (nSPS) is 9.36. The maximum atomic E-state index is 8.87. The Labute approximate surface area is 81.7 Å². The van der Waals surface area contributed by atoms with E-state index in [4.69, 9.17) is 5.26 Å². The van der Waals surface area contributed by atoms with Crippen molar-refractivity contribution in [1.29, 1.82) is 5.26 Å². The minimum Gasteiger partial charge on any atom is -0.264 e. The number of pyridine rings is 2. The predicted molar refractivity (Wildman–Crippen MR) is 52.2 cm³/mol. The van der Waals surface area contributed by atoms with Crippen molar-refractivity contribution in [2.24, 2.45) is 0 Å². The monoisotopic (exact) mass is 181 g/mol. The van der Waals surface area contributed by atoms with Crippen LogP contribution in [0.3, 0.4) is 0 Å². The first-order valence-corrected chi connectivity index (χ1v) is 4.16. The van der Waals surface area contributed by atoms with Crippen LogP contribution in [0.5, 0.6) is 0 Å². The number of rotatable bonds is 1. The average Bonchev–Trinajstić information content (AvgIpc) is 2.30. The Morgan fingerprint density at radius 2 is 1.93 bits per heavy atom. The highest BCUT2D eigenvalue weighted by Gasteiger charge is 2.02. The van der Waals surface area contributed by atoms with Gasteiger partial charge in [0.1, 0.15) is 6.07 Å². The van der Waals surface area contributed by atoms with Gasteiger partial charge in [-0.25, -0.2) is 0 Å². The van der Waals surface area contributed by atoms with Gasteiger partial charge in [0.2, 0.25) is 0 Å². The molecular weight excluding hydrogens is 174 g/mol. The Hall–Kier alpha value is -2.21. The summed E-state index contributed by atoms with van der Waals surface area (Å²) in [5, 5.41) is 8.87. The Morgan fingerprint density at radius 1 is 1.07 bits per heavy atom. The summed E-state index contributed by atoms with van der Waals surface area (Å²) in [7, 11) is 0. The van der Waals surface area contributed by atoms with Crippen LogP contribution >= 0.6 is 0 Å². The fourth-order valence-electron chi connectivity index (χ4n) is 1.26. The van der Waals surface area contributed by atoms with E-state index in [1.54, 1.807) is 24.8 Å². The number of aromatic nitrogens is 2. The molecule has 66 valence electrons. The minimum atomic E-state index is 0.570. The average molecular weight is 181 g/mol. The summed E-state index contributed by atoms with van der Waals surface area (Å²) in [4.78, 5) is 7.91. The van der Waals surface area contributed by atoms with Crippen molar-refractivity contribution in [3.8, 4) is 17.2 Å². The molecule has 3 nitrogen and oxygen atoms in total. The molecule has 0 saturated carbocycles.